The lowest BCUT2D eigenvalue weighted by Crippen LogP contribution is -2.34. The van der Waals surface area contributed by atoms with E-state index in [4.69, 9.17) is 0 Å². The number of aromatic nitrogens is 1. The second-order valence-electron chi connectivity index (χ2n) is 7.43. The molecule has 28 heavy (non-hydrogen) atoms. The van der Waals surface area contributed by atoms with Crippen LogP contribution in [-0.2, 0) is 17.8 Å². The average molecular weight is 392 g/mol. The van der Waals surface area contributed by atoms with Crippen LogP contribution >= 0.6 is 11.3 Å². The molecule has 2 aromatic heterocycles. The molecule has 3 heterocycles. The molecular weight excluding hydrogens is 366 g/mol. The van der Waals surface area contributed by atoms with Crippen molar-refractivity contribution in [3.8, 4) is 10.4 Å². The summed E-state index contributed by atoms with van der Waals surface area (Å²) in [5.74, 6) is 0.237. The Bertz CT molecular complexity index is 893. The lowest BCUT2D eigenvalue weighted by Gasteiger charge is -2.23. The Kier molecular flexibility index (Phi) is 5.84. The predicted molar refractivity (Wildman–Crippen MR) is 114 cm³/mol. The Morgan fingerprint density at radius 2 is 1.82 bits per heavy atom. The number of carbonyl (C=O) groups is 1. The fourth-order valence-electron chi connectivity index (χ4n) is 3.77. The smallest absolute Gasteiger partial charge is 0.227 e. The molecule has 4 nitrogen and oxygen atoms in total. The molecule has 0 aliphatic carbocycles. The Morgan fingerprint density at radius 3 is 2.54 bits per heavy atom. The summed E-state index contributed by atoms with van der Waals surface area (Å²) in [5, 5.41) is 2.10. The van der Waals surface area contributed by atoms with E-state index >= 15 is 0 Å². The number of hydrogen-bond acceptors (Lipinski definition) is 4. The molecule has 1 fully saturated rings. The molecule has 3 aromatic rings. The molecule has 1 amide bonds. The molecule has 0 bridgehead atoms. The second kappa shape index (κ2) is 8.67. The molecule has 1 saturated heterocycles. The number of hydrogen-bond donors (Lipinski definition) is 0. The van der Waals surface area contributed by atoms with Gasteiger partial charge in [-0.25, -0.2) is 0 Å². The molecule has 1 aliphatic heterocycles. The van der Waals surface area contributed by atoms with Crippen molar-refractivity contribution in [2.45, 2.75) is 13.0 Å². The van der Waals surface area contributed by atoms with Crippen molar-refractivity contribution in [3.63, 3.8) is 0 Å². The van der Waals surface area contributed by atoms with Gasteiger partial charge in [0.2, 0.25) is 5.91 Å². The van der Waals surface area contributed by atoms with Gasteiger partial charge in [0.05, 0.1) is 5.92 Å². The summed E-state index contributed by atoms with van der Waals surface area (Å²) in [4.78, 5) is 22.5. The third-order valence-corrected chi connectivity index (χ3v) is 6.27. The molecule has 5 heteroatoms. The minimum absolute atomic E-state index is 0.0121. The molecule has 0 N–H and O–H groups in total. The molecule has 1 aliphatic rings. The summed E-state index contributed by atoms with van der Waals surface area (Å²) < 4.78 is 0. The average Bonchev–Trinajstić information content (AvgIpc) is 3.23. The van der Waals surface area contributed by atoms with Crippen LogP contribution in [0.4, 0.5) is 0 Å². The Hall–Kier alpha value is -2.50. The lowest BCUT2D eigenvalue weighted by molar-refractivity contribution is -0.133. The molecule has 0 spiro atoms. The van der Waals surface area contributed by atoms with Gasteiger partial charge < -0.3 is 4.90 Å². The molecule has 4 rings (SSSR count). The summed E-state index contributed by atoms with van der Waals surface area (Å²) in [7, 11) is 1.92. The third-order valence-electron chi connectivity index (χ3n) is 5.35. The Balaban J connectivity index is 1.47. The summed E-state index contributed by atoms with van der Waals surface area (Å²) in [6.07, 6.45) is 4.44. The second-order valence-corrected chi connectivity index (χ2v) is 8.37. The van der Waals surface area contributed by atoms with E-state index in [1.807, 2.05) is 24.3 Å². The zero-order valence-electron chi connectivity index (χ0n) is 16.1. The van der Waals surface area contributed by atoms with Crippen LogP contribution in [0, 0.1) is 5.92 Å². The zero-order chi connectivity index (χ0) is 19.3. The first kappa shape index (κ1) is 18.8. The first-order chi connectivity index (χ1) is 13.7. The molecule has 0 radical (unpaired) electrons. The van der Waals surface area contributed by atoms with E-state index in [1.54, 1.807) is 11.3 Å². The first-order valence-electron chi connectivity index (χ1n) is 9.68. The fraction of sp³-hybridized carbons (Fsp3) is 0.304. The Labute approximate surface area is 170 Å². The van der Waals surface area contributed by atoms with E-state index < -0.39 is 0 Å². The first-order valence-corrected chi connectivity index (χ1v) is 10.6. The predicted octanol–water partition coefficient (Wildman–Crippen LogP) is 3.94. The zero-order valence-corrected chi connectivity index (χ0v) is 16.9. The van der Waals surface area contributed by atoms with Gasteiger partial charge in [0.25, 0.3) is 0 Å². The van der Waals surface area contributed by atoms with Gasteiger partial charge in [0, 0.05) is 50.5 Å². The summed E-state index contributed by atoms with van der Waals surface area (Å²) >= 11 is 1.75. The highest BCUT2D eigenvalue weighted by Gasteiger charge is 2.28. The maximum absolute atomic E-state index is 12.9. The van der Waals surface area contributed by atoms with Gasteiger partial charge in [-0.1, -0.05) is 30.3 Å². The Morgan fingerprint density at radius 1 is 1.04 bits per heavy atom. The number of amides is 1. The summed E-state index contributed by atoms with van der Waals surface area (Å²) in [6.45, 7) is 3.33. The standard InChI is InChI=1S/C23H25N3OS/c1-25-12-13-26(16-19-8-10-24-11-9-19)17-21(23(25)27)15-18-4-6-20(7-5-18)22-3-2-14-28-22/h2-11,14,21H,12-13,15-17H2,1H3/t21-/m0/s1. The van der Waals surface area contributed by atoms with Crippen LogP contribution in [0.5, 0.6) is 0 Å². The van der Waals surface area contributed by atoms with E-state index in [0.717, 1.165) is 32.6 Å². The van der Waals surface area contributed by atoms with Crippen molar-refractivity contribution in [2.75, 3.05) is 26.7 Å². The van der Waals surface area contributed by atoms with Crippen molar-refractivity contribution in [3.05, 3.63) is 77.4 Å². The molecule has 144 valence electrons. The van der Waals surface area contributed by atoms with Gasteiger partial charge in [0.1, 0.15) is 0 Å². The number of likely N-dealkylation sites (N-methyl/N-ethyl adjacent to an activating group) is 1. The van der Waals surface area contributed by atoms with Gasteiger partial charge in [-0.15, -0.1) is 11.3 Å². The van der Waals surface area contributed by atoms with Crippen LogP contribution in [0.15, 0.2) is 66.3 Å². The molecular formula is C23H25N3OS. The van der Waals surface area contributed by atoms with Crippen molar-refractivity contribution in [1.82, 2.24) is 14.8 Å². The monoisotopic (exact) mass is 391 g/mol. The highest BCUT2D eigenvalue weighted by molar-refractivity contribution is 7.13. The summed E-state index contributed by atoms with van der Waals surface area (Å²) in [5.41, 5.74) is 3.70. The highest BCUT2D eigenvalue weighted by Crippen LogP contribution is 2.26. The minimum Gasteiger partial charge on any atom is -0.344 e. The van der Waals surface area contributed by atoms with Crippen molar-refractivity contribution in [2.24, 2.45) is 5.92 Å². The number of carbonyl (C=O) groups excluding carboxylic acids is 1. The summed E-state index contributed by atoms with van der Waals surface area (Å²) in [6, 6.07) is 17.0. The third kappa shape index (κ3) is 4.49. The quantitative estimate of drug-likeness (QED) is 0.661. The number of rotatable bonds is 5. The van der Waals surface area contributed by atoms with E-state index in [-0.39, 0.29) is 11.8 Å². The van der Waals surface area contributed by atoms with Gasteiger partial charge in [-0.3, -0.25) is 14.7 Å². The highest BCUT2D eigenvalue weighted by atomic mass is 32.1. The minimum atomic E-state index is -0.0121. The molecule has 1 aromatic carbocycles. The van der Waals surface area contributed by atoms with E-state index in [2.05, 4.69) is 63.8 Å². The van der Waals surface area contributed by atoms with Gasteiger partial charge in [-0.05, 0) is 46.7 Å². The topological polar surface area (TPSA) is 36.4 Å². The van der Waals surface area contributed by atoms with Crippen molar-refractivity contribution in [1.29, 1.82) is 0 Å². The SMILES string of the molecule is CN1CCN(Cc2ccncc2)C[C@H](Cc2ccc(-c3cccs3)cc2)C1=O. The fourth-order valence-corrected chi connectivity index (χ4v) is 4.50. The van der Waals surface area contributed by atoms with Gasteiger partial charge in [-0.2, -0.15) is 0 Å². The number of thiophene rings is 1. The molecule has 0 saturated carbocycles. The van der Waals surface area contributed by atoms with Gasteiger partial charge in [0.15, 0.2) is 0 Å². The maximum atomic E-state index is 12.9. The van der Waals surface area contributed by atoms with Gasteiger partial charge >= 0.3 is 0 Å². The van der Waals surface area contributed by atoms with Crippen LogP contribution in [-0.4, -0.2) is 47.4 Å². The largest absolute Gasteiger partial charge is 0.344 e. The van der Waals surface area contributed by atoms with Crippen LogP contribution in [0.2, 0.25) is 0 Å². The molecule has 1 atom stereocenters. The number of benzene rings is 1. The van der Waals surface area contributed by atoms with Crippen LogP contribution in [0.25, 0.3) is 10.4 Å². The van der Waals surface area contributed by atoms with E-state index in [1.165, 1.54) is 21.6 Å². The van der Waals surface area contributed by atoms with Crippen molar-refractivity contribution < 1.29 is 4.79 Å². The van der Waals surface area contributed by atoms with Crippen molar-refractivity contribution >= 4 is 17.2 Å². The van der Waals surface area contributed by atoms with Crippen LogP contribution in [0.3, 0.4) is 0 Å². The number of pyridine rings is 1. The lowest BCUT2D eigenvalue weighted by atomic mass is 9.96. The normalized spacial score (nSPS) is 18.2. The molecule has 0 unspecified atom stereocenters. The van der Waals surface area contributed by atoms with Crippen LogP contribution < -0.4 is 0 Å². The maximum Gasteiger partial charge on any atom is 0.227 e. The number of nitrogens with zero attached hydrogens (tertiary/aromatic N) is 3. The van der Waals surface area contributed by atoms with E-state index in [0.29, 0.717) is 0 Å². The van der Waals surface area contributed by atoms with E-state index in [9.17, 15) is 4.79 Å². The van der Waals surface area contributed by atoms with Crippen LogP contribution in [0.1, 0.15) is 11.1 Å².